The minimum absolute atomic E-state index is 0.0748. The highest BCUT2D eigenvalue weighted by molar-refractivity contribution is 6.00. The number of halogens is 6. The molecule has 0 bridgehead atoms. The first-order valence-electron chi connectivity index (χ1n) is 7.85. The topological polar surface area (TPSA) is 51.0 Å². The first kappa shape index (κ1) is 19.2. The number of likely N-dealkylation sites (tertiary alicyclic amines) is 1. The molecule has 27 heavy (non-hydrogen) atoms. The Morgan fingerprint density at radius 3 is 2.19 bits per heavy atom. The van der Waals surface area contributed by atoms with E-state index in [-0.39, 0.29) is 11.3 Å². The summed E-state index contributed by atoms with van der Waals surface area (Å²) in [6.45, 7) is -2.10. The molecule has 2 unspecified atom stereocenters. The first-order valence-corrected chi connectivity index (χ1v) is 7.85. The lowest BCUT2D eigenvalue weighted by Gasteiger charge is -2.22. The van der Waals surface area contributed by atoms with Crippen LogP contribution >= 0.6 is 0 Å². The summed E-state index contributed by atoms with van der Waals surface area (Å²) in [5.41, 5.74) is 0.504. The Balaban J connectivity index is 1.94. The molecule has 1 fully saturated rings. The molecule has 0 N–H and O–H groups in total. The minimum Gasteiger partial charge on any atom is -0.337 e. The van der Waals surface area contributed by atoms with Gasteiger partial charge in [0.1, 0.15) is 0 Å². The van der Waals surface area contributed by atoms with Crippen molar-refractivity contribution in [3.63, 3.8) is 0 Å². The second kappa shape index (κ2) is 6.54. The lowest BCUT2D eigenvalue weighted by molar-refractivity contribution is -0.239. The Hall–Kier alpha value is -2.59. The quantitative estimate of drug-likeness (QED) is 0.737. The summed E-state index contributed by atoms with van der Waals surface area (Å²) in [6, 6.07) is 2.72. The van der Waals surface area contributed by atoms with E-state index in [2.05, 4.69) is 10.1 Å². The van der Waals surface area contributed by atoms with E-state index < -0.39 is 43.2 Å². The molecule has 0 spiro atoms. The van der Waals surface area contributed by atoms with Gasteiger partial charge in [0, 0.05) is 38.1 Å². The zero-order chi connectivity index (χ0) is 20.0. The van der Waals surface area contributed by atoms with Crippen LogP contribution < -0.4 is 0 Å². The van der Waals surface area contributed by atoms with Crippen LogP contribution in [0.2, 0.25) is 0 Å². The SMILES string of the molecule is Cn1cc(-c2ncccc2C(=O)N2CC(C(F)(F)F)C(C(F)(F)F)C2)cn1. The van der Waals surface area contributed by atoms with E-state index in [1.165, 1.54) is 29.2 Å². The van der Waals surface area contributed by atoms with Gasteiger partial charge in [-0.25, -0.2) is 0 Å². The van der Waals surface area contributed by atoms with Gasteiger partial charge in [-0.05, 0) is 12.1 Å². The highest BCUT2D eigenvalue weighted by Crippen LogP contribution is 2.45. The second-order valence-electron chi connectivity index (χ2n) is 6.31. The summed E-state index contributed by atoms with van der Waals surface area (Å²) in [7, 11) is 1.62. The fourth-order valence-electron chi connectivity index (χ4n) is 3.15. The number of rotatable bonds is 2. The van der Waals surface area contributed by atoms with Gasteiger partial charge in [0.25, 0.3) is 5.91 Å². The standard InChI is InChI=1S/C16H14F6N4O/c1-25-6-9(5-24-25)13-10(3-2-4-23-13)14(27)26-7-11(15(17,18)19)12(8-26)16(20,21)22/h2-6,11-12H,7-8H2,1H3. The van der Waals surface area contributed by atoms with Gasteiger partial charge in [0.2, 0.25) is 0 Å². The number of hydrogen-bond donors (Lipinski definition) is 0. The highest BCUT2D eigenvalue weighted by Gasteiger charge is 2.60. The lowest BCUT2D eigenvalue weighted by Crippen LogP contribution is -2.37. The minimum atomic E-state index is -5.06. The van der Waals surface area contributed by atoms with Gasteiger partial charge >= 0.3 is 12.4 Å². The molecule has 2 atom stereocenters. The predicted molar refractivity (Wildman–Crippen MR) is 81.4 cm³/mol. The lowest BCUT2D eigenvalue weighted by atomic mass is 9.95. The number of carbonyl (C=O) groups is 1. The third kappa shape index (κ3) is 3.76. The summed E-state index contributed by atoms with van der Waals surface area (Å²) in [5.74, 6) is -6.23. The van der Waals surface area contributed by atoms with Gasteiger partial charge < -0.3 is 4.90 Å². The number of pyridine rings is 1. The Bertz CT molecular complexity index is 822. The van der Waals surface area contributed by atoms with Gasteiger partial charge in [-0.15, -0.1) is 0 Å². The molecule has 1 aliphatic heterocycles. The second-order valence-corrected chi connectivity index (χ2v) is 6.31. The van der Waals surface area contributed by atoms with E-state index in [1.54, 1.807) is 13.2 Å². The van der Waals surface area contributed by atoms with Crippen LogP contribution in [0, 0.1) is 11.8 Å². The maximum absolute atomic E-state index is 13.1. The summed E-state index contributed by atoms with van der Waals surface area (Å²) in [4.78, 5) is 17.4. The maximum atomic E-state index is 13.1. The molecule has 0 aliphatic carbocycles. The largest absolute Gasteiger partial charge is 0.394 e. The summed E-state index contributed by atoms with van der Waals surface area (Å²) >= 11 is 0. The smallest absolute Gasteiger partial charge is 0.337 e. The normalized spacial score (nSPS) is 20.9. The molecule has 0 aromatic carbocycles. The van der Waals surface area contributed by atoms with Crippen molar-refractivity contribution in [2.24, 2.45) is 18.9 Å². The van der Waals surface area contributed by atoms with E-state index in [0.717, 1.165) is 0 Å². The van der Waals surface area contributed by atoms with E-state index in [4.69, 9.17) is 0 Å². The van der Waals surface area contributed by atoms with Crippen LogP contribution in [-0.4, -0.2) is 51.0 Å². The molecule has 146 valence electrons. The molecule has 11 heteroatoms. The Kier molecular flexibility index (Phi) is 4.64. The molecule has 3 heterocycles. The number of hydrogen-bond acceptors (Lipinski definition) is 3. The molecule has 1 saturated heterocycles. The monoisotopic (exact) mass is 392 g/mol. The molecular weight excluding hydrogens is 378 g/mol. The van der Waals surface area contributed by atoms with E-state index >= 15 is 0 Å². The number of nitrogens with zero attached hydrogens (tertiary/aromatic N) is 4. The van der Waals surface area contributed by atoms with Crippen LogP contribution in [0.4, 0.5) is 26.3 Å². The number of alkyl halides is 6. The summed E-state index contributed by atoms with van der Waals surface area (Å²) in [5, 5.41) is 3.93. The fourth-order valence-corrected chi connectivity index (χ4v) is 3.15. The molecule has 1 amide bonds. The molecule has 2 aromatic heterocycles. The van der Waals surface area contributed by atoms with Gasteiger partial charge in [-0.1, -0.05) is 0 Å². The maximum Gasteiger partial charge on any atom is 0.394 e. The molecule has 3 rings (SSSR count). The third-order valence-electron chi connectivity index (χ3n) is 4.46. The van der Waals surface area contributed by atoms with E-state index in [0.29, 0.717) is 10.5 Å². The molecule has 0 saturated carbocycles. The van der Waals surface area contributed by atoms with Crippen molar-refractivity contribution in [3.05, 3.63) is 36.3 Å². The molecule has 0 radical (unpaired) electrons. The molecule has 1 aliphatic rings. The Morgan fingerprint density at radius 2 is 1.70 bits per heavy atom. The van der Waals surface area contributed by atoms with Crippen LogP contribution in [-0.2, 0) is 7.05 Å². The third-order valence-corrected chi connectivity index (χ3v) is 4.46. The van der Waals surface area contributed by atoms with E-state index in [1.807, 2.05) is 0 Å². The predicted octanol–water partition coefficient (Wildman–Crippen LogP) is 3.29. The van der Waals surface area contributed by atoms with Crippen LogP contribution in [0.3, 0.4) is 0 Å². The van der Waals surface area contributed by atoms with Gasteiger partial charge in [-0.2, -0.15) is 31.4 Å². The van der Waals surface area contributed by atoms with Crippen molar-refractivity contribution in [2.45, 2.75) is 12.4 Å². The summed E-state index contributed by atoms with van der Waals surface area (Å²) in [6.07, 6.45) is -5.80. The highest BCUT2D eigenvalue weighted by atomic mass is 19.4. The molecular formula is C16H14F6N4O. The van der Waals surface area contributed by atoms with Crippen molar-refractivity contribution in [1.82, 2.24) is 19.7 Å². The van der Waals surface area contributed by atoms with Crippen LogP contribution in [0.15, 0.2) is 30.7 Å². The number of aryl methyl sites for hydroxylation is 1. The van der Waals surface area contributed by atoms with Gasteiger partial charge in [0.15, 0.2) is 0 Å². The summed E-state index contributed by atoms with van der Waals surface area (Å²) < 4.78 is 79.8. The zero-order valence-electron chi connectivity index (χ0n) is 13.9. The van der Waals surface area contributed by atoms with Crippen LogP contribution in [0.5, 0.6) is 0 Å². The Labute approximate surface area is 149 Å². The van der Waals surface area contributed by atoms with Crippen molar-refractivity contribution >= 4 is 5.91 Å². The average Bonchev–Trinajstić information content (AvgIpc) is 3.20. The zero-order valence-corrected chi connectivity index (χ0v) is 13.9. The van der Waals surface area contributed by atoms with Crippen molar-refractivity contribution in [3.8, 4) is 11.3 Å². The van der Waals surface area contributed by atoms with Crippen LogP contribution in [0.25, 0.3) is 11.3 Å². The Morgan fingerprint density at radius 1 is 1.11 bits per heavy atom. The first-order chi connectivity index (χ1) is 12.5. The molecule has 2 aromatic rings. The number of aromatic nitrogens is 3. The van der Waals surface area contributed by atoms with E-state index in [9.17, 15) is 31.1 Å². The average molecular weight is 392 g/mol. The van der Waals surface area contributed by atoms with Crippen molar-refractivity contribution in [1.29, 1.82) is 0 Å². The van der Waals surface area contributed by atoms with Crippen LogP contribution in [0.1, 0.15) is 10.4 Å². The van der Waals surface area contributed by atoms with Crippen molar-refractivity contribution < 1.29 is 31.1 Å². The number of carbonyl (C=O) groups excluding carboxylic acids is 1. The fraction of sp³-hybridized carbons (Fsp3) is 0.438. The number of amides is 1. The van der Waals surface area contributed by atoms with Gasteiger partial charge in [-0.3, -0.25) is 14.5 Å². The van der Waals surface area contributed by atoms with Crippen molar-refractivity contribution in [2.75, 3.05) is 13.1 Å². The molecule has 5 nitrogen and oxygen atoms in total. The van der Waals surface area contributed by atoms with Gasteiger partial charge in [0.05, 0.1) is 29.3 Å².